The molecule has 1 aromatic rings. The average Bonchev–Trinajstić information content (AvgIpc) is 3.36. The Morgan fingerprint density at radius 2 is 1.96 bits per heavy atom. The minimum absolute atomic E-state index is 0.0569. The van der Waals surface area contributed by atoms with Crippen molar-refractivity contribution in [2.75, 3.05) is 12.3 Å². The highest BCUT2D eigenvalue weighted by Gasteiger charge is 2.52. The molecular weight excluding hydrogens is 340 g/mol. The number of nitriles is 1. The second-order valence-electron chi connectivity index (χ2n) is 8.02. The van der Waals surface area contributed by atoms with Crippen LogP contribution in [-0.2, 0) is 0 Å². The maximum atomic E-state index is 12.8. The summed E-state index contributed by atoms with van der Waals surface area (Å²) in [7, 11) is 0. The predicted molar refractivity (Wildman–Crippen MR) is 102 cm³/mol. The SMILES string of the molecule is N#CC1(N2CC(C(NC(=O)c3ccc(N)cc3)C3CCCCC3)N=N2)CC1. The van der Waals surface area contributed by atoms with Crippen molar-refractivity contribution in [1.29, 1.82) is 5.26 Å². The average molecular weight is 366 g/mol. The van der Waals surface area contributed by atoms with Crippen LogP contribution in [-0.4, -0.2) is 35.1 Å². The first-order chi connectivity index (χ1) is 13.1. The van der Waals surface area contributed by atoms with Crippen LogP contribution in [0.15, 0.2) is 34.6 Å². The van der Waals surface area contributed by atoms with Crippen molar-refractivity contribution in [3.05, 3.63) is 29.8 Å². The number of hydrogen-bond donors (Lipinski definition) is 2. The summed E-state index contributed by atoms with van der Waals surface area (Å²) in [5.74, 6) is 0.304. The summed E-state index contributed by atoms with van der Waals surface area (Å²) in [6, 6.07) is 9.20. The number of benzene rings is 1. The number of nitrogens with zero attached hydrogens (tertiary/aromatic N) is 4. The number of hydrogen-bond acceptors (Lipinski definition) is 6. The van der Waals surface area contributed by atoms with E-state index in [0.29, 0.717) is 23.7 Å². The third-order valence-corrected chi connectivity index (χ3v) is 6.14. The minimum Gasteiger partial charge on any atom is -0.399 e. The molecule has 142 valence electrons. The zero-order valence-corrected chi connectivity index (χ0v) is 15.5. The zero-order valence-electron chi connectivity index (χ0n) is 15.5. The van der Waals surface area contributed by atoms with Crippen LogP contribution in [0.4, 0.5) is 5.69 Å². The third kappa shape index (κ3) is 3.61. The van der Waals surface area contributed by atoms with Crippen molar-refractivity contribution in [3.63, 3.8) is 0 Å². The fourth-order valence-electron chi connectivity index (χ4n) is 4.26. The highest BCUT2D eigenvalue weighted by molar-refractivity contribution is 5.94. The van der Waals surface area contributed by atoms with Gasteiger partial charge >= 0.3 is 0 Å². The van der Waals surface area contributed by atoms with Crippen molar-refractivity contribution in [2.45, 2.75) is 62.6 Å². The third-order valence-electron chi connectivity index (χ3n) is 6.14. The van der Waals surface area contributed by atoms with Gasteiger partial charge in [-0.15, -0.1) is 0 Å². The molecule has 1 aromatic carbocycles. The van der Waals surface area contributed by atoms with Gasteiger partial charge in [0.2, 0.25) is 0 Å². The molecule has 0 bridgehead atoms. The van der Waals surface area contributed by atoms with E-state index >= 15 is 0 Å². The summed E-state index contributed by atoms with van der Waals surface area (Å²) in [5.41, 5.74) is 6.51. The predicted octanol–water partition coefficient (Wildman–Crippen LogP) is 3.06. The van der Waals surface area contributed by atoms with Gasteiger partial charge < -0.3 is 11.1 Å². The molecule has 3 N–H and O–H groups in total. The Hall–Kier alpha value is -2.62. The first-order valence-electron chi connectivity index (χ1n) is 9.87. The zero-order chi connectivity index (χ0) is 18.9. The van der Waals surface area contributed by atoms with E-state index in [-0.39, 0.29) is 18.0 Å². The molecule has 1 heterocycles. The number of anilines is 1. The van der Waals surface area contributed by atoms with Gasteiger partial charge in [0, 0.05) is 11.3 Å². The summed E-state index contributed by atoms with van der Waals surface area (Å²) in [6.07, 6.45) is 7.53. The lowest BCUT2D eigenvalue weighted by Gasteiger charge is -2.33. The molecular formula is C20H26N6O. The van der Waals surface area contributed by atoms with Crippen molar-refractivity contribution in [2.24, 2.45) is 16.3 Å². The Labute approximate surface area is 159 Å². The molecule has 0 saturated heterocycles. The van der Waals surface area contributed by atoms with Crippen LogP contribution in [0.2, 0.25) is 0 Å². The summed E-state index contributed by atoms with van der Waals surface area (Å²) in [6.45, 7) is 0.608. The molecule has 2 saturated carbocycles. The lowest BCUT2D eigenvalue weighted by molar-refractivity contribution is 0.0898. The summed E-state index contributed by atoms with van der Waals surface area (Å²) in [4.78, 5) is 12.8. The Morgan fingerprint density at radius 3 is 2.59 bits per heavy atom. The number of nitrogens with two attached hydrogens (primary N) is 1. The first-order valence-corrected chi connectivity index (χ1v) is 9.87. The van der Waals surface area contributed by atoms with E-state index in [2.05, 4.69) is 21.7 Å². The van der Waals surface area contributed by atoms with Gasteiger partial charge in [-0.1, -0.05) is 24.5 Å². The van der Waals surface area contributed by atoms with Crippen LogP contribution in [0, 0.1) is 17.2 Å². The van der Waals surface area contributed by atoms with Gasteiger partial charge in [0.05, 0.1) is 18.7 Å². The standard InChI is InChI=1S/C20H26N6O/c21-13-20(10-11-20)26-12-17(24-25-26)18(14-4-2-1-3-5-14)23-19(27)15-6-8-16(22)9-7-15/h6-9,14,17-18H,1-5,10-12,22H2,(H,23,27). The van der Waals surface area contributed by atoms with Crippen molar-refractivity contribution >= 4 is 11.6 Å². The number of nitrogens with one attached hydrogen (secondary N) is 1. The lowest BCUT2D eigenvalue weighted by Crippen LogP contribution is -2.50. The Morgan fingerprint density at radius 1 is 1.26 bits per heavy atom. The highest BCUT2D eigenvalue weighted by atomic mass is 16.1. The van der Waals surface area contributed by atoms with Crippen LogP contribution >= 0.6 is 0 Å². The monoisotopic (exact) mass is 366 g/mol. The number of rotatable bonds is 5. The molecule has 1 aliphatic heterocycles. The van der Waals surface area contributed by atoms with Crippen molar-refractivity contribution in [1.82, 2.24) is 10.3 Å². The lowest BCUT2D eigenvalue weighted by atomic mass is 9.81. The normalized spacial score (nSPS) is 25.0. The molecule has 7 heteroatoms. The van der Waals surface area contributed by atoms with E-state index < -0.39 is 5.54 Å². The molecule has 3 aliphatic rings. The summed E-state index contributed by atoms with van der Waals surface area (Å²) >= 11 is 0. The van der Waals surface area contributed by atoms with Gasteiger partial charge in [-0.05, 0) is 55.9 Å². The number of carbonyl (C=O) groups excluding carboxylic acids is 1. The highest BCUT2D eigenvalue weighted by Crippen LogP contribution is 2.43. The summed E-state index contributed by atoms with van der Waals surface area (Å²) < 4.78 is 0. The molecule has 0 radical (unpaired) electrons. The topological polar surface area (TPSA) is 107 Å². The van der Waals surface area contributed by atoms with E-state index in [1.54, 1.807) is 24.3 Å². The van der Waals surface area contributed by atoms with Crippen LogP contribution < -0.4 is 11.1 Å². The fourth-order valence-corrected chi connectivity index (χ4v) is 4.26. The number of nitrogen functional groups attached to an aromatic ring is 1. The smallest absolute Gasteiger partial charge is 0.251 e. The fraction of sp³-hybridized carbons (Fsp3) is 0.600. The maximum Gasteiger partial charge on any atom is 0.251 e. The van der Waals surface area contributed by atoms with Gasteiger partial charge in [-0.25, -0.2) is 0 Å². The molecule has 0 aromatic heterocycles. The van der Waals surface area contributed by atoms with Gasteiger partial charge in [-0.3, -0.25) is 9.80 Å². The quantitative estimate of drug-likeness (QED) is 0.781. The van der Waals surface area contributed by atoms with Gasteiger partial charge in [0.1, 0.15) is 11.6 Å². The minimum atomic E-state index is -0.462. The van der Waals surface area contributed by atoms with E-state index in [1.165, 1.54) is 19.3 Å². The van der Waals surface area contributed by atoms with E-state index in [9.17, 15) is 10.1 Å². The maximum absolute atomic E-state index is 12.8. The number of carbonyl (C=O) groups is 1. The Kier molecular flexibility index (Phi) is 4.73. The van der Waals surface area contributed by atoms with E-state index in [0.717, 1.165) is 25.7 Å². The molecule has 1 amide bonds. The largest absolute Gasteiger partial charge is 0.399 e. The summed E-state index contributed by atoms with van der Waals surface area (Å²) in [5, 5.41) is 23.3. The van der Waals surface area contributed by atoms with Gasteiger partial charge in [-0.2, -0.15) is 10.4 Å². The molecule has 2 unspecified atom stereocenters. The van der Waals surface area contributed by atoms with Gasteiger partial charge in [0.25, 0.3) is 5.91 Å². The van der Waals surface area contributed by atoms with Crippen molar-refractivity contribution in [3.8, 4) is 6.07 Å². The van der Waals surface area contributed by atoms with E-state index in [4.69, 9.17) is 5.73 Å². The number of amides is 1. The van der Waals surface area contributed by atoms with Crippen LogP contribution in [0.1, 0.15) is 55.3 Å². The molecule has 2 atom stereocenters. The van der Waals surface area contributed by atoms with Gasteiger partial charge in [0.15, 0.2) is 0 Å². The van der Waals surface area contributed by atoms with Crippen LogP contribution in [0.25, 0.3) is 0 Å². The molecule has 2 aliphatic carbocycles. The second-order valence-corrected chi connectivity index (χ2v) is 8.02. The molecule has 4 rings (SSSR count). The van der Waals surface area contributed by atoms with Crippen LogP contribution in [0.3, 0.4) is 0 Å². The molecule has 7 nitrogen and oxygen atoms in total. The second kappa shape index (κ2) is 7.18. The van der Waals surface area contributed by atoms with Crippen molar-refractivity contribution < 1.29 is 4.79 Å². The first kappa shape index (κ1) is 17.8. The molecule has 2 fully saturated rings. The van der Waals surface area contributed by atoms with E-state index in [1.807, 2.05) is 5.01 Å². The molecule has 27 heavy (non-hydrogen) atoms. The Bertz CT molecular complexity index is 758. The molecule has 0 spiro atoms. The Balaban J connectivity index is 1.49. The van der Waals surface area contributed by atoms with Crippen LogP contribution in [0.5, 0.6) is 0 Å².